The number of aromatic amines is 1. The van der Waals surface area contributed by atoms with E-state index >= 15 is 0 Å². The van der Waals surface area contributed by atoms with Crippen LogP contribution in [-0.2, 0) is 23.6 Å². The summed E-state index contributed by atoms with van der Waals surface area (Å²) in [5.74, 6) is 1.40. The Morgan fingerprint density at radius 3 is 2.73 bits per heavy atom. The molecule has 0 bridgehead atoms. The van der Waals surface area contributed by atoms with Gasteiger partial charge in [0.25, 0.3) is 5.79 Å². The van der Waals surface area contributed by atoms with E-state index in [9.17, 15) is 4.79 Å². The molecule has 0 amide bonds. The van der Waals surface area contributed by atoms with Gasteiger partial charge in [-0.2, -0.15) is 0 Å². The van der Waals surface area contributed by atoms with E-state index in [-0.39, 0.29) is 11.9 Å². The average Bonchev–Trinajstić information content (AvgIpc) is 3.72. The van der Waals surface area contributed by atoms with Crippen LogP contribution in [0.3, 0.4) is 0 Å². The van der Waals surface area contributed by atoms with E-state index in [1.807, 2.05) is 38.1 Å². The number of fused-ring (bicyclic) bond motifs is 2. The second-order valence-electron chi connectivity index (χ2n) is 11.4. The highest BCUT2D eigenvalue weighted by Gasteiger charge is 2.42. The van der Waals surface area contributed by atoms with Crippen molar-refractivity contribution in [2.75, 3.05) is 20.2 Å². The van der Waals surface area contributed by atoms with Crippen LogP contribution in [-0.4, -0.2) is 60.9 Å². The van der Waals surface area contributed by atoms with Crippen LogP contribution in [0.1, 0.15) is 49.7 Å². The number of H-pyrrole nitrogens is 1. The van der Waals surface area contributed by atoms with Gasteiger partial charge in [0, 0.05) is 25.8 Å². The molecule has 7 rings (SSSR count). The monoisotopic (exact) mass is 617 g/mol. The third kappa shape index (κ3) is 5.33. The molecule has 2 aliphatic rings. The summed E-state index contributed by atoms with van der Waals surface area (Å²) in [6, 6.07) is 11.6. The number of piperidine rings is 1. The molecule has 0 radical (unpaired) electrons. The largest absolute Gasteiger partial charge is 0.443 e. The van der Waals surface area contributed by atoms with Crippen LogP contribution in [0.4, 0.5) is 0 Å². The maximum Gasteiger partial charge on any atom is 0.439 e. The van der Waals surface area contributed by atoms with Crippen molar-refractivity contribution < 1.29 is 18.7 Å². The molecule has 13 heteroatoms. The molecule has 2 atom stereocenters. The van der Waals surface area contributed by atoms with Crippen molar-refractivity contribution in [2.45, 2.75) is 57.6 Å². The summed E-state index contributed by atoms with van der Waals surface area (Å²) in [7, 11) is 1.70. The summed E-state index contributed by atoms with van der Waals surface area (Å²) >= 11 is 6.05. The quantitative estimate of drug-likeness (QED) is 0.257. The number of halogens is 1. The Kier molecular flexibility index (Phi) is 7.35. The molecule has 0 saturated carbocycles. The van der Waals surface area contributed by atoms with Crippen molar-refractivity contribution in [1.82, 2.24) is 34.6 Å². The number of ether oxygens (including phenoxy) is 3. The summed E-state index contributed by atoms with van der Waals surface area (Å²) in [5.41, 5.74) is 3.97. The molecule has 12 nitrogen and oxygen atoms in total. The van der Waals surface area contributed by atoms with E-state index in [0.717, 1.165) is 59.9 Å². The Morgan fingerprint density at radius 1 is 1.16 bits per heavy atom. The van der Waals surface area contributed by atoms with Crippen LogP contribution in [0.25, 0.3) is 22.6 Å². The van der Waals surface area contributed by atoms with Crippen LogP contribution >= 0.6 is 11.6 Å². The van der Waals surface area contributed by atoms with E-state index < -0.39 is 11.5 Å². The van der Waals surface area contributed by atoms with Crippen LogP contribution in [0.5, 0.6) is 11.5 Å². The normalized spacial score (nSPS) is 19.5. The number of likely N-dealkylation sites (tertiary alicyclic amines) is 1. The van der Waals surface area contributed by atoms with Gasteiger partial charge in [-0.05, 0) is 63.0 Å². The number of rotatable bonds is 8. The third-order valence-corrected chi connectivity index (χ3v) is 8.66. The topological polar surface area (TPSA) is 133 Å². The van der Waals surface area contributed by atoms with Crippen LogP contribution < -0.4 is 15.2 Å². The number of nitrogens with one attached hydrogen (secondary N) is 1. The Labute approximate surface area is 257 Å². The SMILES string of the molecule is CO[C@H](C)Cn1c(CN2CCC(c3cccc4c3O[C@@](C)(c3ccc(Cl)cn3)O4)CC2)nc2cc(-c3noc(=O)[nH]3)ncc21. The van der Waals surface area contributed by atoms with Crippen molar-refractivity contribution in [3.05, 3.63) is 81.4 Å². The molecule has 44 heavy (non-hydrogen) atoms. The molecule has 228 valence electrons. The average molecular weight is 618 g/mol. The van der Waals surface area contributed by atoms with Gasteiger partial charge in [-0.25, -0.2) is 9.78 Å². The van der Waals surface area contributed by atoms with E-state index in [1.54, 1.807) is 25.6 Å². The molecule has 1 fully saturated rings. The first-order valence-electron chi connectivity index (χ1n) is 14.6. The Morgan fingerprint density at radius 2 is 2.00 bits per heavy atom. The number of hydrogen-bond acceptors (Lipinski definition) is 10. The second kappa shape index (κ2) is 11.3. The van der Waals surface area contributed by atoms with Gasteiger partial charge < -0.3 is 18.8 Å². The van der Waals surface area contributed by atoms with Gasteiger partial charge in [0.1, 0.15) is 17.2 Å². The summed E-state index contributed by atoms with van der Waals surface area (Å²) in [6.45, 7) is 7.03. The Hall–Kier alpha value is -4.26. The zero-order valence-electron chi connectivity index (χ0n) is 24.6. The van der Waals surface area contributed by atoms with E-state index in [2.05, 4.69) is 40.2 Å². The van der Waals surface area contributed by atoms with Crippen molar-refractivity contribution in [1.29, 1.82) is 0 Å². The second-order valence-corrected chi connectivity index (χ2v) is 11.9. The number of methoxy groups -OCH3 is 1. The molecule has 4 aromatic heterocycles. The van der Waals surface area contributed by atoms with Gasteiger partial charge in [0.2, 0.25) is 5.82 Å². The summed E-state index contributed by atoms with van der Waals surface area (Å²) < 4.78 is 25.2. The highest BCUT2D eigenvalue weighted by Crippen LogP contribution is 2.49. The zero-order chi connectivity index (χ0) is 30.4. The number of imidazole rings is 1. The van der Waals surface area contributed by atoms with E-state index in [1.165, 1.54) is 0 Å². The number of hydrogen-bond donors (Lipinski definition) is 1. The van der Waals surface area contributed by atoms with Crippen molar-refractivity contribution in [2.24, 2.45) is 0 Å². The fraction of sp³-hybridized carbons (Fsp3) is 0.387. The summed E-state index contributed by atoms with van der Waals surface area (Å²) in [5, 5.41) is 4.33. The van der Waals surface area contributed by atoms with E-state index in [0.29, 0.717) is 35.4 Å². The lowest BCUT2D eigenvalue weighted by Crippen LogP contribution is -2.34. The van der Waals surface area contributed by atoms with Gasteiger partial charge in [-0.3, -0.25) is 24.4 Å². The minimum Gasteiger partial charge on any atom is -0.443 e. The number of nitrogens with zero attached hydrogens (tertiary/aromatic N) is 6. The molecule has 1 N–H and O–H groups in total. The summed E-state index contributed by atoms with van der Waals surface area (Å²) in [6.07, 6.45) is 5.28. The minimum atomic E-state index is -1.01. The third-order valence-electron chi connectivity index (χ3n) is 8.43. The Bertz CT molecular complexity index is 1860. The maximum absolute atomic E-state index is 11.5. The molecule has 0 unspecified atom stereocenters. The highest BCUT2D eigenvalue weighted by atomic mass is 35.5. The first-order valence-corrected chi connectivity index (χ1v) is 15.0. The van der Waals surface area contributed by atoms with Gasteiger partial charge in [-0.1, -0.05) is 28.9 Å². The van der Waals surface area contributed by atoms with Gasteiger partial charge in [-0.15, -0.1) is 0 Å². The first-order chi connectivity index (χ1) is 21.3. The van der Waals surface area contributed by atoms with Crippen molar-refractivity contribution in [3.63, 3.8) is 0 Å². The maximum atomic E-state index is 11.5. The highest BCUT2D eigenvalue weighted by molar-refractivity contribution is 6.30. The number of pyridine rings is 2. The first kappa shape index (κ1) is 28.5. The fourth-order valence-electron chi connectivity index (χ4n) is 6.02. The van der Waals surface area contributed by atoms with Crippen LogP contribution in [0.15, 0.2) is 58.1 Å². The van der Waals surface area contributed by atoms with Crippen LogP contribution in [0, 0.1) is 0 Å². The van der Waals surface area contributed by atoms with Gasteiger partial charge in [0.15, 0.2) is 11.5 Å². The lowest BCUT2D eigenvalue weighted by molar-refractivity contribution is -0.0722. The van der Waals surface area contributed by atoms with E-state index in [4.69, 9.17) is 30.8 Å². The minimum absolute atomic E-state index is 0.0142. The molecule has 5 aromatic rings. The smallest absolute Gasteiger partial charge is 0.439 e. The molecule has 1 saturated heterocycles. The molecule has 2 aliphatic heterocycles. The molecular weight excluding hydrogens is 586 g/mol. The van der Waals surface area contributed by atoms with Gasteiger partial charge >= 0.3 is 5.76 Å². The predicted molar refractivity (Wildman–Crippen MR) is 162 cm³/mol. The molecule has 0 aliphatic carbocycles. The van der Waals surface area contributed by atoms with Gasteiger partial charge in [0.05, 0.1) is 41.4 Å². The lowest BCUT2D eigenvalue weighted by Gasteiger charge is -2.32. The standard InChI is InChI=1S/C31H32ClN7O5/c1-18(41-3)16-39-24-15-33-23(29-36-30(40)44-37-29)13-22(24)35-27(39)17-38-11-9-19(10-12-38)21-5-4-6-25-28(21)43-31(2,42-25)26-8-7-20(32)14-34-26/h4-8,13-15,18-19H,9-12,16-17H2,1-3H3,(H,36,37,40)/t18-,31+/m1/s1. The molecular formula is C31H32ClN7O5. The Balaban J connectivity index is 1.08. The van der Waals surface area contributed by atoms with Crippen LogP contribution in [0.2, 0.25) is 5.02 Å². The van der Waals surface area contributed by atoms with Crippen molar-refractivity contribution >= 4 is 22.6 Å². The molecule has 6 heterocycles. The zero-order valence-corrected chi connectivity index (χ0v) is 25.4. The molecule has 0 spiro atoms. The lowest BCUT2D eigenvalue weighted by atomic mass is 9.88. The predicted octanol–water partition coefficient (Wildman–Crippen LogP) is 4.88. The molecule has 1 aromatic carbocycles. The number of aromatic nitrogens is 6. The number of para-hydroxylation sites is 1. The summed E-state index contributed by atoms with van der Waals surface area (Å²) in [4.78, 5) is 30.4. The number of benzene rings is 1. The van der Waals surface area contributed by atoms with Crippen molar-refractivity contribution in [3.8, 4) is 23.0 Å². The fourth-order valence-corrected chi connectivity index (χ4v) is 6.13.